The zero-order valence-corrected chi connectivity index (χ0v) is 22.0. The Balaban J connectivity index is 1.82. The van der Waals surface area contributed by atoms with Crippen LogP contribution in [0.25, 0.3) is 5.69 Å². The average Bonchev–Trinajstić information content (AvgIpc) is 3.15. The van der Waals surface area contributed by atoms with Crippen molar-refractivity contribution in [3.05, 3.63) is 70.8 Å². The molecular weight excluding hydrogens is 458 g/mol. The molecule has 0 radical (unpaired) electrons. The van der Waals surface area contributed by atoms with E-state index in [9.17, 15) is 9.59 Å². The van der Waals surface area contributed by atoms with Gasteiger partial charge in [-0.15, -0.1) is 10.2 Å². The summed E-state index contributed by atoms with van der Waals surface area (Å²) in [5.74, 6) is 2.01. The highest BCUT2D eigenvalue weighted by molar-refractivity contribution is 6.69. The fourth-order valence-corrected chi connectivity index (χ4v) is 5.19. The number of hydrogen-bond acceptors (Lipinski definition) is 6. The third-order valence-electron chi connectivity index (χ3n) is 6.14. The van der Waals surface area contributed by atoms with Crippen LogP contribution < -0.4 is 10.1 Å². The number of nitrogens with one attached hydrogen (secondary N) is 1. The monoisotopic (exact) mass is 491 g/mol. The number of rotatable bonds is 8. The summed E-state index contributed by atoms with van der Waals surface area (Å²) in [7, 11) is -0.465. The maximum atomic E-state index is 12.6. The highest BCUT2D eigenvalue weighted by atomic mass is 28.4. The summed E-state index contributed by atoms with van der Waals surface area (Å²) >= 11 is 0. The Morgan fingerprint density at radius 1 is 1.17 bits per heavy atom. The summed E-state index contributed by atoms with van der Waals surface area (Å²) < 4.78 is 7.52. The molecule has 0 fully saturated rings. The van der Waals surface area contributed by atoms with Crippen molar-refractivity contribution in [2.24, 2.45) is 4.99 Å². The molecule has 0 unspecified atom stereocenters. The van der Waals surface area contributed by atoms with Crippen LogP contribution in [-0.2, 0) is 11.2 Å². The molecule has 1 aliphatic rings. The molecule has 0 bridgehead atoms. The Hall–Kier alpha value is -3.30. The minimum Gasteiger partial charge on any atom is -0.497 e. The number of amides is 1. The zero-order chi connectivity index (χ0) is 25.2. The van der Waals surface area contributed by atoms with E-state index in [1.165, 1.54) is 5.56 Å². The minimum atomic E-state index is -2.11. The number of benzene rings is 2. The number of aliphatic imine (C=N–C) groups is 1. The van der Waals surface area contributed by atoms with Crippen molar-refractivity contribution >= 4 is 19.9 Å². The van der Waals surface area contributed by atoms with Crippen LogP contribution in [0.3, 0.4) is 0 Å². The molecule has 1 amide bonds. The van der Waals surface area contributed by atoms with Crippen molar-refractivity contribution in [2.75, 3.05) is 13.7 Å². The maximum absolute atomic E-state index is 12.6. The van der Waals surface area contributed by atoms with E-state index >= 15 is 0 Å². The van der Waals surface area contributed by atoms with Gasteiger partial charge < -0.3 is 14.8 Å². The molecule has 0 saturated heterocycles. The third kappa shape index (κ3) is 5.52. The van der Waals surface area contributed by atoms with Crippen LogP contribution in [-0.4, -0.2) is 53.2 Å². The van der Waals surface area contributed by atoms with Crippen molar-refractivity contribution in [3.63, 3.8) is 0 Å². The van der Waals surface area contributed by atoms with Crippen LogP contribution in [0.1, 0.15) is 47.7 Å². The number of carbonyl (C=O) groups is 1. The molecule has 0 spiro atoms. The number of aromatic nitrogens is 3. The minimum absolute atomic E-state index is 0.0810. The van der Waals surface area contributed by atoms with Crippen molar-refractivity contribution in [1.29, 1.82) is 0 Å². The van der Waals surface area contributed by atoms with Crippen LogP contribution >= 0.6 is 0 Å². The highest BCUT2D eigenvalue weighted by Crippen LogP contribution is 2.34. The number of carbonyl (C=O) groups excluding carboxylic acids is 1. The summed E-state index contributed by atoms with van der Waals surface area (Å²) in [6.07, 6.45) is 1.02. The summed E-state index contributed by atoms with van der Waals surface area (Å²) in [6, 6.07) is 14.5. The van der Waals surface area contributed by atoms with Crippen molar-refractivity contribution in [1.82, 2.24) is 20.1 Å². The van der Waals surface area contributed by atoms with Gasteiger partial charge in [0.15, 0.2) is 14.1 Å². The van der Waals surface area contributed by atoms with Crippen LogP contribution in [0.2, 0.25) is 19.1 Å². The molecule has 35 heavy (non-hydrogen) atoms. The van der Waals surface area contributed by atoms with E-state index in [1.54, 1.807) is 7.11 Å². The molecule has 8 nitrogen and oxygen atoms in total. The first kappa shape index (κ1) is 24.8. The number of aryl methyl sites for hydroxylation is 2. The quantitative estimate of drug-likeness (QED) is 0.468. The molecule has 1 aliphatic heterocycles. The van der Waals surface area contributed by atoms with Crippen LogP contribution in [0.15, 0.2) is 47.5 Å². The molecule has 3 aromatic rings. The third-order valence-corrected chi connectivity index (χ3v) is 7.61. The lowest BCUT2D eigenvalue weighted by Crippen LogP contribution is -2.25. The Bertz CT molecular complexity index is 1240. The molecule has 1 atom stereocenters. The molecule has 2 heterocycles. The fraction of sp³-hybridized carbons (Fsp3) is 0.385. The SMILES string of the molecule is CCNC(=O)C[C@@H]1N=C(c2ccc(CC[Si](C)(C)O)cc2)c2cc(OC)ccc2-n2c(C)nnc21. The molecule has 1 aromatic heterocycles. The topological polar surface area (TPSA) is 102 Å². The van der Waals surface area contributed by atoms with Crippen LogP contribution in [0.5, 0.6) is 5.75 Å². The average molecular weight is 492 g/mol. The van der Waals surface area contributed by atoms with E-state index in [-0.39, 0.29) is 12.3 Å². The molecule has 2 N–H and O–H groups in total. The first-order valence-electron chi connectivity index (χ1n) is 12.0. The number of ether oxygens (including phenoxy) is 1. The number of hydrogen-bond donors (Lipinski definition) is 2. The van der Waals surface area contributed by atoms with Gasteiger partial charge in [0.05, 0.1) is 24.9 Å². The van der Waals surface area contributed by atoms with E-state index < -0.39 is 14.4 Å². The second-order valence-electron chi connectivity index (χ2n) is 9.48. The number of fused-ring (bicyclic) bond motifs is 3. The van der Waals surface area contributed by atoms with Crippen LogP contribution in [0.4, 0.5) is 0 Å². The normalized spacial score (nSPS) is 15.0. The standard InChI is InChI=1S/C26H33N5O3Si/c1-6-27-24(32)16-22-26-30-29-17(2)31(26)23-12-11-20(34-3)15-21(23)25(28-22)19-9-7-18(8-10-19)13-14-35(4,5)33/h7-12,15,22,33H,6,13-14,16H2,1-5H3,(H,27,32)/t22-/m0/s1. The zero-order valence-electron chi connectivity index (χ0n) is 21.0. The Labute approximate surface area is 207 Å². The molecule has 2 aromatic carbocycles. The Morgan fingerprint density at radius 3 is 2.57 bits per heavy atom. The van der Waals surface area contributed by atoms with Crippen molar-refractivity contribution < 1.29 is 14.3 Å². The van der Waals surface area contributed by atoms with Crippen molar-refractivity contribution in [3.8, 4) is 11.4 Å². The van der Waals surface area contributed by atoms with E-state index in [2.05, 4.69) is 39.8 Å². The summed E-state index contributed by atoms with van der Waals surface area (Å²) in [5, 5.41) is 11.6. The van der Waals surface area contributed by atoms with Gasteiger partial charge in [0.25, 0.3) is 0 Å². The van der Waals surface area contributed by atoms with E-state index in [0.717, 1.165) is 46.6 Å². The van der Waals surface area contributed by atoms with Gasteiger partial charge in [-0.05, 0) is 63.2 Å². The van der Waals surface area contributed by atoms with E-state index in [0.29, 0.717) is 12.4 Å². The largest absolute Gasteiger partial charge is 0.497 e. The molecular formula is C26H33N5O3Si. The summed E-state index contributed by atoms with van der Waals surface area (Å²) in [4.78, 5) is 27.9. The maximum Gasteiger partial charge on any atom is 0.222 e. The Kier molecular flexibility index (Phi) is 7.18. The molecule has 0 saturated carbocycles. The first-order chi connectivity index (χ1) is 16.7. The predicted molar refractivity (Wildman–Crippen MR) is 139 cm³/mol. The second-order valence-corrected chi connectivity index (χ2v) is 13.6. The lowest BCUT2D eigenvalue weighted by atomic mass is 9.98. The highest BCUT2D eigenvalue weighted by Gasteiger charge is 2.30. The second kappa shape index (κ2) is 10.1. The van der Waals surface area contributed by atoms with Gasteiger partial charge in [0, 0.05) is 17.7 Å². The number of methoxy groups -OCH3 is 1. The van der Waals surface area contributed by atoms with Crippen molar-refractivity contribution in [2.45, 2.75) is 51.9 Å². The summed E-state index contributed by atoms with van der Waals surface area (Å²) in [6.45, 7) is 8.28. The van der Waals surface area contributed by atoms with Crippen LogP contribution in [0, 0.1) is 6.92 Å². The summed E-state index contributed by atoms with van der Waals surface area (Å²) in [5.41, 5.74) is 4.69. The predicted octanol–water partition coefficient (Wildman–Crippen LogP) is 3.74. The molecule has 9 heteroatoms. The van der Waals surface area contributed by atoms with E-state index in [1.807, 2.05) is 49.7 Å². The van der Waals surface area contributed by atoms with E-state index in [4.69, 9.17) is 9.73 Å². The van der Waals surface area contributed by atoms with Gasteiger partial charge in [-0.3, -0.25) is 14.4 Å². The smallest absolute Gasteiger partial charge is 0.222 e. The number of nitrogens with zero attached hydrogens (tertiary/aromatic N) is 4. The van der Waals surface area contributed by atoms with Gasteiger partial charge in [-0.2, -0.15) is 0 Å². The van der Waals surface area contributed by atoms with Gasteiger partial charge >= 0.3 is 0 Å². The Morgan fingerprint density at radius 2 is 1.91 bits per heavy atom. The lowest BCUT2D eigenvalue weighted by Gasteiger charge is -2.15. The first-order valence-corrected chi connectivity index (χ1v) is 15.1. The van der Waals surface area contributed by atoms with Gasteiger partial charge in [-0.1, -0.05) is 24.3 Å². The lowest BCUT2D eigenvalue weighted by molar-refractivity contribution is -0.121. The molecule has 184 valence electrons. The van der Waals surface area contributed by atoms with Gasteiger partial charge in [-0.25, -0.2) is 0 Å². The molecule has 4 rings (SSSR count). The van der Waals surface area contributed by atoms with Gasteiger partial charge in [0.1, 0.15) is 17.6 Å². The van der Waals surface area contributed by atoms with Gasteiger partial charge in [0.2, 0.25) is 5.91 Å². The fourth-order valence-electron chi connectivity index (χ4n) is 4.29. The molecule has 0 aliphatic carbocycles.